The number of thiophene rings is 6. The maximum absolute atomic E-state index is 12.4. The van der Waals surface area contributed by atoms with E-state index in [1.54, 1.807) is 94.5 Å². The van der Waals surface area contributed by atoms with Gasteiger partial charge in [-0.25, -0.2) is 58.7 Å². The van der Waals surface area contributed by atoms with Gasteiger partial charge in [0.15, 0.2) is 33.9 Å². The zero-order chi connectivity index (χ0) is 91.6. The average Bonchev–Trinajstić information content (AvgIpc) is 1.67. The molecule has 9 N–H and O–H groups in total. The Hall–Kier alpha value is -8.03. The number of halogens is 8. The number of aromatic amines is 6. The van der Waals surface area contributed by atoms with Crippen LogP contribution in [0.1, 0.15) is 156 Å². The van der Waals surface area contributed by atoms with Gasteiger partial charge in [0.2, 0.25) is 0 Å². The third-order valence-electron chi connectivity index (χ3n) is 22.0. The minimum Gasteiger partial charge on any atom is -0.394 e. The van der Waals surface area contributed by atoms with E-state index >= 15 is 0 Å². The molecular weight excluding hydrogens is 2010 g/mol. The number of aromatic nitrogens is 18. The number of fused-ring (bicyclic) bond motifs is 6. The van der Waals surface area contributed by atoms with Crippen molar-refractivity contribution in [2.24, 2.45) is 0 Å². The van der Waals surface area contributed by atoms with Crippen LogP contribution in [0, 0.1) is 0 Å². The smallest absolute Gasteiger partial charge is 0.328 e. The van der Waals surface area contributed by atoms with Gasteiger partial charge in [0.1, 0.15) is 0 Å². The maximum atomic E-state index is 12.4. The van der Waals surface area contributed by atoms with Crippen molar-refractivity contribution in [3.8, 4) is 64.0 Å². The van der Waals surface area contributed by atoms with E-state index in [1.807, 2.05) is 112 Å². The lowest BCUT2D eigenvalue weighted by atomic mass is 10.1. The Bertz CT molecular complexity index is 6540. The summed E-state index contributed by atoms with van der Waals surface area (Å²) < 4.78 is 11.3. The first-order valence-electron chi connectivity index (χ1n) is 41.0. The maximum Gasteiger partial charge on any atom is 0.328 e. The van der Waals surface area contributed by atoms with Gasteiger partial charge in [0, 0.05) is 108 Å². The van der Waals surface area contributed by atoms with E-state index in [-0.39, 0.29) is 131 Å². The van der Waals surface area contributed by atoms with E-state index in [9.17, 15) is 44.1 Å². The van der Waals surface area contributed by atoms with Gasteiger partial charge in [-0.2, -0.15) is 63.2 Å². The summed E-state index contributed by atoms with van der Waals surface area (Å²) in [6, 6.07) is 18.7. The molecule has 27 nitrogen and oxygen atoms in total. The highest BCUT2D eigenvalue weighted by Gasteiger charge is 2.29. The first-order valence-corrected chi connectivity index (χ1v) is 49.3. The number of nitrogens with one attached hydrogen (secondary N) is 6. The molecule has 0 fully saturated rings. The summed E-state index contributed by atoms with van der Waals surface area (Å²) >= 11 is 59.3. The molecule has 18 heterocycles. The van der Waals surface area contributed by atoms with Gasteiger partial charge in [0.25, 0.3) is 0 Å². The second-order valence-corrected chi connectivity index (χ2v) is 38.5. The first kappa shape index (κ1) is 105. The molecule has 0 amide bonds. The number of imidazole rings is 6. The Kier molecular flexibility index (Phi) is 38.0. The van der Waals surface area contributed by atoms with Crippen LogP contribution in [0.5, 0.6) is 0 Å². The van der Waals surface area contributed by atoms with Crippen LogP contribution in [0.3, 0.4) is 0 Å². The third kappa shape index (κ3) is 21.8. The minimum atomic E-state index is -0.337. The van der Waals surface area contributed by atoms with Crippen LogP contribution in [-0.4, -0.2) is 122 Å². The molecule has 696 valence electrons. The molecule has 18 aromatic rings. The van der Waals surface area contributed by atoms with Crippen molar-refractivity contribution in [1.82, 2.24) is 87.2 Å². The number of aliphatic hydroxyl groups excluding tert-OH is 3. The van der Waals surface area contributed by atoms with E-state index in [2.05, 4.69) is 101 Å². The van der Waals surface area contributed by atoms with E-state index in [1.165, 1.54) is 39.6 Å². The second kappa shape index (κ2) is 47.4. The molecule has 3 atom stereocenters. The Morgan fingerprint density at radius 1 is 0.298 bits per heavy atom. The van der Waals surface area contributed by atoms with Gasteiger partial charge in [0.05, 0.1) is 110 Å². The molecule has 0 aliphatic carbocycles. The SMILES string of the molecule is CCC(CC)n1c(=O)[nH]c2ncc(Cl)c(-c3ccc(Cl)s3)c21.CCC(CC)n1c(=O)[nH]c2ncc(Cl)c(-c3cccs3)c21.CCC(CC)n1c(=O)[nH]c2ncc(Cl)c(-c3ccsc3)c21.CC[C@@H](CO)n1c(=O)[nH]c2ncc(Cl)c(-c3ccc(Cl)s3)c21.CC[C@@H](CO)n1c(=O)[nH]c2ncc(Cl)c(-c3cccs3)c21.CC[C@@H](CO)n1c(=O)[nH]c2ncc(Cl)c(-c3ccsc3)c21.S.S.S. The van der Waals surface area contributed by atoms with Crippen molar-refractivity contribution in [2.45, 2.75) is 156 Å². The molecule has 0 aliphatic rings. The van der Waals surface area contributed by atoms with Crippen LogP contribution in [0.25, 0.3) is 131 Å². The van der Waals surface area contributed by atoms with Crippen molar-refractivity contribution in [3.05, 3.63) is 232 Å². The van der Waals surface area contributed by atoms with Gasteiger partial charge >= 0.3 is 34.1 Å². The van der Waals surface area contributed by atoms with Crippen molar-refractivity contribution in [1.29, 1.82) is 0 Å². The molecule has 0 saturated carbocycles. The Balaban J connectivity index is 0.000000162. The molecule has 0 radical (unpaired) electrons. The highest BCUT2D eigenvalue weighted by molar-refractivity contribution is 7.59. The summed E-state index contributed by atoms with van der Waals surface area (Å²) in [5, 5.41) is 43.7. The Labute approximate surface area is 834 Å². The lowest BCUT2D eigenvalue weighted by Crippen LogP contribution is -2.24. The van der Waals surface area contributed by atoms with Crippen LogP contribution < -0.4 is 34.1 Å². The molecule has 18 rings (SSSR count). The molecule has 0 unspecified atom stereocenters. The fourth-order valence-corrected chi connectivity index (χ4v) is 22.4. The number of hydrogen-bond donors (Lipinski definition) is 9. The molecule has 131 heavy (non-hydrogen) atoms. The highest BCUT2D eigenvalue weighted by atomic mass is 35.5. The first-order chi connectivity index (χ1) is 61.8. The minimum absolute atomic E-state index is 0. The quantitative estimate of drug-likeness (QED) is 0.0271. The van der Waals surface area contributed by atoms with Crippen molar-refractivity contribution >= 4 is 268 Å². The van der Waals surface area contributed by atoms with Gasteiger partial charge < -0.3 is 15.3 Å². The van der Waals surface area contributed by atoms with Crippen molar-refractivity contribution < 1.29 is 15.3 Å². The lowest BCUT2D eigenvalue weighted by molar-refractivity contribution is 0.224. The molecule has 18 aromatic heterocycles. The molecule has 0 saturated heterocycles. The summed E-state index contributed by atoms with van der Waals surface area (Å²) in [5.41, 5.74) is 13.0. The molecule has 44 heteroatoms. The van der Waals surface area contributed by atoms with Gasteiger partial charge in [-0.1, -0.05) is 167 Å². The average molecular weight is 2110 g/mol. The molecule has 0 bridgehead atoms. The summed E-state index contributed by atoms with van der Waals surface area (Å²) in [6.07, 6.45) is 16.5. The predicted molar refractivity (Wildman–Crippen MR) is 561 cm³/mol. The zero-order valence-corrected chi connectivity index (χ0v) is 85.7. The largest absolute Gasteiger partial charge is 0.394 e. The number of rotatable bonds is 24. The van der Waals surface area contributed by atoms with Gasteiger partial charge in [-0.15, -0.1) is 45.3 Å². The predicted octanol–water partition coefficient (Wildman–Crippen LogP) is 24.2. The highest BCUT2D eigenvalue weighted by Crippen LogP contribution is 2.45. The van der Waals surface area contributed by atoms with E-state index in [0.29, 0.717) is 114 Å². The molecule has 0 aromatic carbocycles. The van der Waals surface area contributed by atoms with Crippen LogP contribution in [0.15, 0.2) is 159 Å². The van der Waals surface area contributed by atoms with Crippen LogP contribution in [-0.2, 0) is 0 Å². The summed E-state index contributed by atoms with van der Waals surface area (Å²) in [7, 11) is 0. The fraction of sp³-hybridized carbons (Fsp3) is 0.310. The van der Waals surface area contributed by atoms with Crippen LogP contribution in [0.4, 0.5) is 0 Å². The normalized spacial score (nSPS) is 12.0. The number of pyridine rings is 6. The standard InChI is InChI=1S/C15H15Cl2N3OS.2C15H16ClN3OS.C14H13Cl2N3O2S.2C14H14ClN3O2S.3H2S/c1-3-8(4-2)20-13-12(10-5-6-11(17)22-10)9(16)7-18-14(13)19-15(20)21;1-3-10(4-2)19-13-12(9-5-6-21-8-9)11(16)7-17-14(13)18-15(19)20;1-3-9(4-2)19-13-12(11-6-5-7-21-11)10(16)8-17-14(13)18-15(19)20;1-2-7(6-20)19-12-11(9-3-4-10(16)22-9)8(15)5-17-13(12)18-14(19)21;1-2-9(6-19)18-12-11(8-3-4-21-7-8)10(15)5-16-13(12)17-14(18)20;1-2-8(7-19)18-12-11(10-4-3-5-21-10)9(15)6-16-13(12)17-14(18)20;;;/h5-8H,3-4H2,1-2H3,(H,18,19,21);5-8,10H,3-4H2,1-2H3,(H,17,18,20);5-9H,3-4H2,1-2H3,(H,17,18,20);3-5,7,20H,2,6H2,1H3,(H,17,18,21);3-5,7,9,19H,2,6H2,1H3,(H,16,17,20);3-6,8,19H,2,7H2,1H3,(H,16,17,20);3*1H2/t;;;7-;9-;8-;;;/m...000.../s1. The number of nitrogens with zero attached hydrogens (tertiary/aromatic N) is 12. The Morgan fingerprint density at radius 2 is 0.519 bits per heavy atom. The van der Waals surface area contributed by atoms with Gasteiger partial charge in [-0.05, 0) is 150 Å². The summed E-state index contributed by atoms with van der Waals surface area (Å²) in [6.45, 7) is 17.9. The molecule has 0 aliphatic heterocycles. The summed E-state index contributed by atoms with van der Waals surface area (Å²) in [5.74, 6) is 0. The van der Waals surface area contributed by atoms with E-state index < -0.39 is 0 Å². The fourth-order valence-electron chi connectivity index (χ4n) is 15.7. The monoisotopic (exact) mass is 2100 g/mol. The molecule has 0 spiro atoms. The number of hydrogen-bond acceptors (Lipinski definition) is 21. The van der Waals surface area contributed by atoms with Crippen LogP contribution in [0.2, 0.25) is 38.8 Å². The van der Waals surface area contributed by atoms with Gasteiger partial charge in [-0.3, -0.25) is 57.3 Å². The van der Waals surface area contributed by atoms with Crippen LogP contribution >= 0.6 is 201 Å². The zero-order valence-electron chi connectivity index (χ0n) is 71.8. The number of aliphatic hydroxyl groups is 3. The Morgan fingerprint density at radius 3 is 0.710 bits per heavy atom. The third-order valence-corrected chi connectivity index (χ3v) is 29.4. The molecular formula is C87H94Cl8N18O9S9. The van der Waals surface area contributed by atoms with E-state index in [4.69, 9.17) is 92.8 Å². The second-order valence-electron chi connectivity index (χ2n) is 29.2. The summed E-state index contributed by atoms with van der Waals surface area (Å²) in [4.78, 5) is 120. The van der Waals surface area contributed by atoms with Crippen molar-refractivity contribution in [2.75, 3.05) is 19.8 Å². The van der Waals surface area contributed by atoms with E-state index in [0.717, 1.165) is 114 Å². The van der Waals surface area contributed by atoms with Crippen molar-refractivity contribution in [3.63, 3.8) is 0 Å². The topological polar surface area (TPSA) is 365 Å². The number of H-pyrrole nitrogens is 6. The lowest BCUT2D eigenvalue weighted by Gasteiger charge is -2.16.